The Morgan fingerprint density at radius 3 is 2.04 bits per heavy atom. The molecular formula is C38H62ClN2O8P. The molecule has 0 bridgehead atoms. The summed E-state index contributed by atoms with van der Waals surface area (Å²) < 4.78 is 33.4. The van der Waals surface area contributed by atoms with Gasteiger partial charge in [-0.25, -0.2) is 9.24 Å². The second-order valence-electron chi connectivity index (χ2n) is 14.1. The molecule has 0 fully saturated rings. The van der Waals surface area contributed by atoms with Gasteiger partial charge in [-0.1, -0.05) is 73.8 Å². The van der Waals surface area contributed by atoms with Gasteiger partial charge in [0.1, 0.15) is 17.3 Å². The molecule has 1 unspecified atom stereocenters. The van der Waals surface area contributed by atoms with Gasteiger partial charge in [0, 0.05) is 25.4 Å². The van der Waals surface area contributed by atoms with Gasteiger partial charge in [0.25, 0.3) is 0 Å². The van der Waals surface area contributed by atoms with Crippen molar-refractivity contribution in [2.45, 2.75) is 132 Å². The van der Waals surface area contributed by atoms with Crippen molar-refractivity contribution < 1.29 is 32.9 Å². The number of allylic oxidation sites excluding steroid dienone is 7. The summed E-state index contributed by atoms with van der Waals surface area (Å²) in [7, 11) is -3.95. The summed E-state index contributed by atoms with van der Waals surface area (Å²) in [5.74, 6) is -0.662. The fraction of sp³-hybridized carbons (Fsp3) is 0.658. The number of nitro groups is 1. The lowest BCUT2D eigenvalue weighted by molar-refractivity contribution is -0.402. The van der Waals surface area contributed by atoms with Crippen molar-refractivity contribution >= 4 is 31.2 Å². The van der Waals surface area contributed by atoms with E-state index in [-0.39, 0.29) is 30.8 Å². The third-order valence-electron chi connectivity index (χ3n) is 8.21. The maximum absolute atomic E-state index is 14.5. The largest absolute Gasteiger partial charge is 0.481 e. The highest BCUT2D eigenvalue weighted by atomic mass is 35.5. The maximum atomic E-state index is 14.5. The molecule has 1 aromatic rings. The predicted octanol–water partition coefficient (Wildman–Crippen LogP) is 12.0. The lowest BCUT2D eigenvalue weighted by atomic mass is 9.83. The Balaban J connectivity index is 3.08. The van der Waals surface area contributed by atoms with Gasteiger partial charge in [0.05, 0.1) is 12.7 Å². The van der Waals surface area contributed by atoms with E-state index < -0.39 is 24.5 Å². The minimum absolute atomic E-state index is 0.000708. The van der Waals surface area contributed by atoms with E-state index >= 15 is 0 Å². The molecule has 0 saturated carbocycles. The van der Waals surface area contributed by atoms with Gasteiger partial charge >= 0.3 is 19.6 Å². The Bertz CT molecular complexity index is 1340. The first-order valence-corrected chi connectivity index (χ1v) is 19.9. The Morgan fingerprint density at radius 1 is 0.900 bits per heavy atom. The smallest absolute Gasteiger partial charge is 0.433 e. The topological polar surface area (TPSA) is 132 Å². The normalized spacial score (nSPS) is 14.2. The standard InChI is InChI=1S/C38H62ClN2O8P/c1-31(2)16-13-17-32(3)18-14-19-33(4)20-15-21-34(38(5,6)7)25-29-47-50(46,48-30-35-23-24-36(49-35)41(44)45)40(27-11-8-10-26-39)28-12-9-22-37(42)43/h16,18,20,23-25H,8-15,17,19,21-22,26-30H2,1-7H3,(H,42,43)/b32-18+,33-20+,34-25-. The highest BCUT2D eigenvalue weighted by Gasteiger charge is 2.34. The molecule has 0 aromatic carbocycles. The number of carboxylic acid groups (broad SMARTS) is 1. The molecule has 1 aromatic heterocycles. The molecule has 1 atom stereocenters. The SMILES string of the molecule is CC(C)=CCC/C(C)=C/CC/C(C)=C/CC/C(=C/COP(=O)(OCc1ccc([N+](=O)[O-])o1)N(CCCCCCl)CCCCC(=O)O)C(C)(C)C. The van der Waals surface area contributed by atoms with E-state index in [2.05, 4.69) is 66.7 Å². The molecule has 0 spiro atoms. The number of hydrogen-bond donors (Lipinski definition) is 1. The van der Waals surface area contributed by atoms with Crippen LogP contribution in [0.3, 0.4) is 0 Å². The van der Waals surface area contributed by atoms with E-state index in [1.54, 1.807) is 4.67 Å². The Labute approximate surface area is 305 Å². The summed E-state index contributed by atoms with van der Waals surface area (Å²) in [6, 6.07) is 2.64. The molecule has 10 nitrogen and oxygen atoms in total. The molecule has 1 heterocycles. The van der Waals surface area contributed by atoms with Gasteiger partial charge in [-0.15, -0.1) is 11.6 Å². The van der Waals surface area contributed by atoms with Gasteiger partial charge in [0.15, 0.2) is 0 Å². The Hall–Kier alpha value is -2.49. The van der Waals surface area contributed by atoms with Crippen molar-refractivity contribution in [1.82, 2.24) is 4.67 Å². The minimum Gasteiger partial charge on any atom is -0.481 e. The summed E-state index contributed by atoms with van der Waals surface area (Å²) in [4.78, 5) is 21.6. The third-order valence-corrected chi connectivity index (χ3v) is 10.5. The quantitative estimate of drug-likeness (QED) is 0.0234. The van der Waals surface area contributed by atoms with Crippen LogP contribution in [-0.4, -0.2) is 46.2 Å². The zero-order valence-corrected chi connectivity index (χ0v) is 33.2. The molecule has 0 aliphatic heterocycles. The second kappa shape index (κ2) is 24.7. The summed E-state index contributed by atoms with van der Waals surface area (Å²) in [5, 5.41) is 20.2. The number of rotatable bonds is 27. The van der Waals surface area contributed by atoms with Crippen LogP contribution in [0.25, 0.3) is 0 Å². The molecular weight excluding hydrogens is 679 g/mol. The third kappa shape index (κ3) is 20.4. The number of unbranched alkanes of at least 4 members (excludes halogenated alkanes) is 3. The molecule has 0 saturated heterocycles. The first-order valence-electron chi connectivity index (χ1n) is 17.9. The molecule has 0 amide bonds. The number of alkyl halides is 1. The number of halogens is 1. The Morgan fingerprint density at radius 2 is 1.50 bits per heavy atom. The predicted molar refractivity (Wildman–Crippen MR) is 204 cm³/mol. The van der Waals surface area contributed by atoms with E-state index in [1.165, 1.54) is 34.4 Å². The van der Waals surface area contributed by atoms with Crippen molar-refractivity contribution in [1.29, 1.82) is 0 Å². The fourth-order valence-electron chi connectivity index (χ4n) is 5.21. The molecule has 50 heavy (non-hydrogen) atoms. The van der Waals surface area contributed by atoms with Crippen molar-refractivity contribution in [2.75, 3.05) is 25.6 Å². The molecule has 284 valence electrons. The van der Waals surface area contributed by atoms with Crippen LogP contribution < -0.4 is 0 Å². The number of furan rings is 1. The Kier molecular flexibility index (Phi) is 22.4. The molecule has 0 aliphatic rings. The van der Waals surface area contributed by atoms with Crippen LogP contribution in [0.5, 0.6) is 0 Å². The van der Waals surface area contributed by atoms with Crippen LogP contribution in [0.4, 0.5) is 5.88 Å². The average Bonchev–Trinajstić information content (AvgIpc) is 3.51. The highest BCUT2D eigenvalue weighted by Crippen LogP contribution is 2.53. The highest BCUT2D eigenvalue weighted by molar-refractivity contribution is 7.51. The van der Waals surface area contributed by atoms with E-state index in [0.717, 1.165) is 51.4 Å². The summed E-state index contributed by atoms with van der Waals surface area (Å²) >= 11 is 5.88. The van der Waals surface area contributed by atoms with Crippen molar-refractivity contribution in [3.8, 4) is 0 Å². The van der Waals surface area contributed by atoms with Crippen molar-refractivity contribution in [3.63, 3.8) is 0 Å². The molecule has 1 rings (SSSR count). The number of nitrogens with zero attached hydrogens (tertiary/aromatic N) is 2. The number of carbonyl (C=O) groups is 1. The number of carboxylic acids is 1. The van der Waals surface area contributed by atoms with Gasteiger partial charge in [-0.2, -0.15) is 0 Å². The zero-order valence-electron chi connectivity index (χ0n) is 31.5. The summed E-state index contributed by atoms with van der Waals surface area (Å²) in [6.07, 6.45) is 18.0. The van der Waals surface area contributed by atoms with E-state index in [9.17, 15) is 19.5 Å². The lowest BCUT2D eigenvalue weighted by Gasteiger charge is -2.30. The van der Waals surface area contributed by atoms with Gasteiger partial charge in [-0.3, -0.25) is 24.0 Å². The van der Waals surface area contributed by atoms with Crippen LogP contribution in [0.15, 0.2) is 63.1 Å². The summed E-state index contributed by atoms with van der Waals surface area (Å²) in [5.41, 5.74) is 5.15. The molecule has 12 heteroatoms. The monoisotopic (exact) mass is 740 g/mol. The number of hydrogen-bond acceptors (Lipinski definition) is 7. The van der Waals surface area contributed by atoms with Crippen molar-refractivity contribution in [3.05, 3.63) is 74.6 Å². The maximum Gasteiger partial charge on any atom is 0.433 e. The first-order chi connectivity index (χ1) is 23.6. The molecule has 1 N–H and O–H groups in total. The molecule has 0 radical (unpaired) electrons. The zero-order chi connectivity index (χ0) is 37.6. The van der Waals surface area contributed by atoms with Gasteiger partial charge in [-0.05, 0) is 103 Å². The van der Waals surface area contributed by atoms with Crippen LogP contribution in [-0.2, 0) is 25.0 Å². The van der Waals surface area contributed by atoms with E-state index in [1.807, 2.05) is 6.08 Å². The van der Waals surface area contributed by atoms with Gasteiger partial charge in [0.2, 0.25) is 0 Å². The van der Waals surface area contributed by atoms with Crippen LogP contribution in [0.2, 0.25) is 0 Å². The van der Waals surface area contributed by atoms with Crippen LogP contribution in [0, 0.1) is 15.5 Å². The van der Waals surface area contributed by atoms with E-state index in [0.29, 0.717) is 38.2 Å². The average molecular weight is 741 g/mol. The van der Waals surface area contributed by atoms with Crippen molar-refractivity contribution in [2.24, 2.45) is 5.41 Å². The second-order valence-corrected chi connectivity index (χ2v) is 16.5. The first kappa shape index (κ1) is 45.5. The van der Waals surface area contributed by atoms with Crippen LogP contribution >= 0.6 is 19.3 Å². The summed E-state index contributed by atoms with van der Waals surface area (Å²) in [6.45, 7) is 15.5. The van der Waals surface area contributed by atoms with E-state index in [4.69, 9.17) is 30.2 Å². The molecule has 0 aliphatic carbocycles. The van der Waals surface area contributed by atoms with Crippen LogP contribution in [0.1, 0.15) is 131 Å². The van der Waals surface area contributed by atoms with Gasteiger partial charge < -0.3 is 9.52 Å². The number of aliphatic carboxylic acids is 1. The fourth-order valence-corrected chi connectivity index (χ4v) is 7.13. The minimum atomic E-state index is -3.95. The lowest BCUT2D eigenvalue weighted by Crippen LogP contribution is -2.26.